The summed E-state index contributed by atoms with van der Waals surface area (Å²) in [6, 6.07) is 14.7. The monoisotopic (exact) mass is 300 g/mol. The number of para-hydroxylation sites is 1. The third kappa shape index (κ3) is 3.44. The molecule has 2 aromatic carbocycles. The van der Waals surface area contributed by atoms with Gasteiger partial charge in [-0.15, -0.1) is 11.8 Å². The SMILES string of the molecule is CSc1ccccc1C(=O)Nc1ccccc1C(C)=NO. The van der Waals surface area contributed by atoms with E-state index in [9.17, 15) is 4.79 Å². The molecule has 0 bridgehead atoms. The van der Waals surface area contributed by atoms with E-state index in [1.54, 1.807) is 25.1 Å². The molecule has 0 atom stereocenters. The van der Waals surface area contributed by atoms with E-state index in [0.29, 0.717) is 22.5 Å². The van der Waals surface area contributed by atoms with Crippen molar-refractivity contribution < 1.29 is 10.0 Å². The summed E-state index contributed by atoms with van der Waals surface area (Å²) in [5, 5.41) is 15.0. The number of rotatable bonds is 4. The molecule has 0 aliphatic rings. The molecule has 0 saturated carbocycles. The standard InChI is InChI=1S/C16H16N2O2S/c1-11(18-20)12-7-3-5-9-14(12)17-16(19)13-8-4-6-10-15(13)21-2/h3-10,20H,1-2H3,(H,17,19). The van der Waals surface area contributed by atoms with Crippen molar-refractivity contribution in [3.63, 3.8) is 0 Å². The Labute approximate surface area is 127 Å². The van der Waals surface area contributed by atoms with Crippen LogP contribution in [0.15, 0.2) is 58.6 Å². The largest absolute Gasteiger partial charge is 0.411 e. The van der Waals surface area contributed by atoms with Crippen molar-refractivity contribution in [2.45, 2.75) is 11.8 Å². The Morgan fingerprint density at radius 2 is 1.71 bits per heavy atom. The Hall–Kier alpha value is -2.27. The second-order valence-electron chi connectivity index (χ2n) is 4.39. The maximum atomic E-state index is 12.4. The molecule has 0 aliphatic heterocycles. The molecule has 21 heavy (non-hydrogen) atoms. The zero-order chi connectivity index (χ0) is 15.2. The summed E-state index contributed by atoms with van der Waals surface area (Å²) in [6.07, 6.45) is 1.93. The first kappa shape index (κ1) is 15.1. The molecule has 2 N–H and O–H groups in total. The molecular formula is C16H16N2O2S. The molecule has 0 unspecified atom stereocenters. The quantitative estimate of drug-likeness (QED) is 0.390. The van der Waals surface area contributed by atoms with E-state index in [2.05, 4.69) is 10.5 Å². The minimum Gasteiger partial charge on any atom is -0.411 e. The highest BCUT2D eigenvalue weighted by Gasteiger charge is 2.13. The molecule has 0 aliphatic carbocycles. The van der Waals surface area contributed by atoms with Gasteiger partial charge in [0.05, 0.1) is 17.0 Å². The number of amides is 1. The van der Waals surface area contributed by atoms with E-state index < -0.39 is 0 Å². The molecule has 4 nitrogen and oxygen atoms in total. The lowest BCUT2D eigenvalue weighted by Gasteiger charge is -2.11. The first-order valence-electron chi connectivity index (χ1n) is 6.39. The van der Waals surface area contributed by atoms with Gasteiger partial charge in [0.2, 0.25) is 0 Å². The fourth-order valence-corrected chi connectivity index (χ4v) is 2.58. The van der Waals surface area contributed by atoms with Crippen LogP contribution in [0.5, 0.6) is 0 Å². The maximum absolute atomic E-state index is 12.4. The van der Waals surface area contributed by atoms with E-state index in [0.717, 1.165) is 4.90 Å². The normalized spacial score (nSPS) is 11.2. The lowest BCUT2D eigenvalue weighted by Crippen LogP contribution is -2.15. The molecule has 0 spiro atoms. The van der Waals surface area contributed by atoms with Gasteiger partial charge in [0, 0.05) is 10.5 Å². The third-order valence-electron chi connectivity index (χ3n) is 3.07. The summed E-state index contributed by atoms with van der Waals surface area (Å²) in [4.78, 5) is 13.3. The fraction of sp³-hybridized carbons (Fsp3) is 0.125. The number of hydrogen-bond acceptors (Lipinski definition) is 4. The number of benzene rings is 2. The van der Waals surface area contributed by atoms with Gasteiger partial charge in [-0.1, -0.05) is 35.5 Å². The van der Waals surface area contributed by atoms with Crippen molar-refractivity contribution in [1.82, 2.24) is 0 Å². The number of thioether (sulfide) groups is 1. The van der Waals surface area contributed by atoms with Crippen LogP contribution in [0.25, 0.3) is 0 Å². The Bertz CT molecular complexity index is 683. The molecule has 2 aromatic rings. The van der Waals surface area contributed by atoms with E-state index >= 15 is 0 Å². The molecule has 0 saturated heterocycles. The van der Waals surface area contributed by atoms with E-state index in [-0.39, 0.29) is 5.91 Å². The summed E-state index contributed by atoms with van der Waals surface area (Å²) in [5.74, 6) is -0.182. The average molecular weight is 300 g/mol. The van der Waals surface area contributed by atoms with Crippen molar-refractivity contribution in [1.29, 1.82) is 0 Å². The van der Waals surface area contributed by atoms with Crippen molar-refractivity contribution in [2.75, 3.05) is 11.6 Å². The Morgan fingerprint density at radius 3 is 2.38 bits per heavy atom. The summed E-state index contributed by atoms with van der Waals surface area (Å²) in [5.41, 5.74) is 2.38. The maximum Gasteiger partial charge on any atom is 0.256 e. The van der Waals surface area contributed by atoms with Crippen molar-refractivity contribution in [3.8, 4) is 0 Å². The van der Waals surface area contributed by atoms with Crippen LogP contribution in [0, 0.1) is 0 Å². The summed E-state index contributed by atoms with van der Waals surface area (Å²) in [7, 11) is 0. The molecule has 1 amide bonds. The number of hydrogen-bond donors (Lipinski definition) is 2. The highest BCUT2D eigenvalue weighted by molar-refractivity contribution is 7.98. The van der Waals surface area contributed by atoms with E-state index in [1.807, 2.05) is 36.6 Å². The predicted molar refractivity (Wildman–Crippen MR) is 86.6 cm³/mol. The lowest BCUT2D eigenvalue weighted by atomic mass is 10.1. The molecular weight excluding hydrogens is 284 g/mol. The first-order valence-corrected chi connectivity index (χ1v) is 7.62. The van der Waals surface area contributed by atoms with Crippen LogP contribution >= 0.6 is 11.8 Å². The van der Waals surface area contributed by atoms with Crippen LogP contribution in [0.4, 0.5) is 5.69 Å². The molecule has 0 aromatic heterocycles. The smallest absolute Gasteiger partial charge is 0.256 e. The highest BCUT2D eigenvalue weighted by Crippen LogP contribution is 2.22. The first-order chi connectivity index (χ1) is 10.2. The molecule has 5 heteroatoms. The highest BCUT2D eigenvalue weighted by atomic mass is 32.2. The van der Waals surface area contributed by atoms with Gasteiger partial charge < -0.3 is 10.5 Å². The van der Waals surface area contributed by atoms with Crippen LogP contribution in [0.1, 0.15) is 22.8 Å². The Kier molecular flexibility index (Phi) is 5.00. The summed E-state index contributed by atoms with van der Waals surface area (Å²) >= 11 is 1.52. The van der Waals surface area contributed by atoms with Crippen molar-refractivity contribution >= 4 is 29.1 Å². The number of carbonyl (C=O) groups is 1. The van der Waals surface area contributed by atoms with Gasteiger partial charge in [-0.3, -0.25) is 4.79 Å². The topological polar surface area (TPSA) is 61.7 Å². The van der Waals surface area contributed by atoms with Gasteiger partial charge in [0.15, 0.2) is 0 Å². The van der Waals surface area contributed by atoms with E-state index in [4.69, 9.17) is 5.21 Å². The number of oxime groups is 1. The van der Waals surface area contributed by atoms with Gasteiger partial charge in [-0.2, -0.15) is 0 Å². The van der Waals surface area contributed by atoms with Gasteiger partial charge in [0.1, 0.15) is 0 Å². The number of carbonyl (C=O) groups excluding carboxylic acids is 1. The van der Waals surface area contributed by atoms with Crippen LogP contribution in [-0.2, 0) is 0 Å². The second kappa shape index (κ2) is 6.95. The second-order valence-corrected chi connectivity index (χ2v) is 5.23. The summed E-state index contributed by atoms with van der Waals surface area (Å²) in [6.45, 7) is 1.68. The van der Waals surface area contributed by atoms with E-state index in [1.165, 1.54) is 11.8 Å². The summed E-state index contributed by atoms with van der Waals surface area (Å²) < 4.78 is 0. The number of nitrogens with one attached hydrogen (secondary N) is 1. The zero-order valence-electron chi connectivity index (χ0n) is 11.8. The number of nitrogens with zero attached hydrogens (tertiary/aromatic N) is 1. The van der Waals surface area contributed by atoms with Crippen LogP contribution < -0.4 is 5.32 Å². The lowest BCUT2D eigenvalue weighted by molar-refractivity contribution is 0.102. The van der Waals surface area contributed by atoms with Crippen molar-refractivity contribution in [2.24, 2.45) is 5.16 Å². The van der Waals surface area contributed by atoms with Gasteiger partial charge in [-0.05, 0) is 31.4 Å². The Morgan fingerprint density at radius 1 is 1.10 bits per heavy atom. The number of anilines is 1. The third-order valence-corrected chi connectivity index (χ3v) is 3.86. The minimum absolute atomic E-state index is 0.182. The molecule has 2 rings (SSSR count). The predicted octanol–water partition coefficient (Wildman–Crippen LogP) is 3.86. The minimum atomic E-state index is -0.182. The molecule has 0 radical (unpaired) electrons. The van der Waals surface area contributed by atoms with Crippen LogP contribution in [0.2, 0.25) is 0 Å². The van der Waals surface area contributed by atoms with Gasteiger partial charge in [-0.25, -0.2) is 0 Å². The van der Waals surface area contributed by atoms with Crippen LogP contribution in [-0.4, -0.2) is 23.1 Å². The Balaban J connectivity index is 2.32. The molecule has 108 valence electrons. The van der Waals surface area contributed by atoms with Crippen LogP contribution in [0.3, 0.4) is 0 Å². The van der Waals surface area contributed by atoms with Gasteiger partial charge in [0.25, 0.3) is 5.91 Å². The van der Waals surface area contributed by atoms with Gasteiger partial charge >= 0.3 is 0 Å². The molecule has 0 fully saturated rings. The van der Waals surface area contributed by atoms with Crippen molar-refractivity contribution in [3.05, 3.63) is 59.7 Å². The zero-order valence-corrected chi connectivity index (χ0v) is 12.6. The average Bonchev–Trinajstić information content (AvgIpc) is 2.54. The fourth-order valence-electron chi connectivity index (χ4n) is 1.98. The molecule has 0 heterocycles.